The fourth-order valence-corrected chi connectivity index (χ4v) is 2.43. The van der Waals surface area contributed by atoms with Crippen LogP contribution < -0.4 is 11.1 Å². The molecule has 0 heterocycles. The van der Waals surface area contributed by atoms with Crippen LogP contribution in [-0.4, -0.2) is 27.3 Å². The lowest BCUT2D eigenvalue weighted by atomic mass is 9.96. The Bertz CT molecular complexity index is 516. The lowest BCUT2D eigenvalue weighted by molar-refractivity contribution is 0.234. The normalized spacial score (nSPS) is 13.8. The van der Waals surface area contributed by atoms with E-state index in [2.05, 4.69) is 19.2 Å². The Labute approximate surface area is 118 Å². The molecule has 7 heteroatoms. The van der Waals surface area contributed by atoms with Crippen molar-refractivity contribution in [2.24, 2.45) is 17.6 Å². The first-order valence-corrected chi connectivity index (χ1v) is 7.89. The zero-order valence-electron chi connectivity index (χ0n) is 11.5. The number of nitrogens with two attached hydrogens (primary N) is 1. The molecule has 1 unspecified atom stereocenters. The smallest absolute Gasteiger partial charge is 0.341 e. The topological polar surface area (TPSA) is 72.2 Å². The van der Waals surface area contributed by atoms with E-state index in [-0.39, 0.29) is 4.90 Å². The van der Waals surface area contributed by atoms with Gasteiger partial charge in [-0.15, -0.1) is 0 Å². The summed E-state index contributed by atoms with van der Waals surface area (Å²) in [5, 5.41) is 3.12. The van der Waals surface area contributed by atoms with E-state index in [1.54, 1.807) is 0 Å². The van der Waals surface area contributed by atoms with Crippen molar-refractivity contribution in [1.82, 2.24) is 0 Å². The second-order valence-corrected chi connectivity index (χ2v) is 6.87. The highest BCUT2D eigenvalue weighted by Crippen LogP contribution is 2.20. The number of hydrogen-bond acceptors (Lipinski definition) is 4. The molecule has 0 bridgehead atoms. The zero-order valence-corrected chi connectivity index (χ0v) is 12.3. The fourth-order valence-electron chi connectivity index (χ4n) is 1.71. The van der Waals surface area contributed by atoms with Gasteiger partial charge in [-0.25, -0.2) is 8.42 Å². The van der Waals surface area contributed by atoms with Gasteiger partial charge in [0.1, 0.15) is 0 Å². The molecule has 1 atom stereocenters. The number of halogens is 2. The Kier molecular flexibility index (Phi) is 5.88. The third kappa shape index (κ3) is 4.14. The molecule has 0 aromatic heterocycles. The molecule has 0 aliphatic rings. The molecule has 0 saturated heterocycles. The number of hydrogen-bond donors (Lipinski definition) is 2. The molecule has 0 spiro atoms. The first kappa shape index (κ1) is 16.8. The van der Waals surface area contributed by atoms with Crippen LogP contribution >= 0.6 is 0 Å². The van der Waals surface area contributed by atoms with Crippen LogP contribution in [0.2, 0.25) is 0 Å². The van der Waals surface area contributed by atoms with Crippen molar-refractivity contribution >= 4 is 15.5 Å². The Morgan fingerprint density at radius 2 is 1.75 bits per heavy atom. The van der Waals surface area contributed by atoms with Crippen molar-refractivity contribution in [3.8, 4) is 0 Å². The molecule has 0 aliphatic carbocycles. The van der Waals surface area contributed by atoms with E-state index >= 15 is 0 Å². The largest absolute Gasteiger partial charge is 0.385 e. The summed E-state index contributed by atoms with van der Waals surface area (Å²) in [6, 6.07) is 5.31. The highest BCUT2D eigenvalue weighted by Gasteiger charge is 2.26. The minimum atomic E-state index is -4.52. The van der Waals surface area contributed by atoms with Gasteiger partial charge in [0.25, 0.3) is 0 Å². The number of sulfone groups is 1. The van der Waals surface area contributed by atoms with Gasteiger partial charge in [-0.1, -0.05) is 13.8 Å². The minimum absolute atomic E-state index is 0.291. The molecular weight excluding hydrogens is 286 g/mol. The summed E-state index contributed by atoms with van der Waals surface area (Å²) in [4.78, 5) is -0.378. The standard InChI is InChI=1S/C13H20F2N2O2S/c1-9(2)10(7-16)8-17-11-3-5-12(6-4-11)20(18,19)13(14)15/h3-6,9-10,13,17H,7-8,16H2,1-2H3. The van der Waals surface area contributed by atoms with Crippen LogP contribution in [-0.2, 0) is 9.84 Å². The molecule has 1 rings (SSSR count). The molecule has 0 amide bonds. The van der Waals surface area contributed by atoms with E-state index in [0.29, 0.717) is 30.6 Å². The fraction of sp³-hybridized carbons (Fsp3) is 0.538. The van der Waals surface area contributed by atoms with Crippen LogP contribution in [0.25, 0.3) is 0 Å². The number of benzene rings is 1. The van der Waals surface area contributed by atoms with E-state index in [1.807, 2.05) is 0 Å². The predicted octanol–water partition coefficient (Wildman–Crippen LogP) is 2.33. The summed E-state index contributed by atoms with van der Waals surface area (Å²) in [7, 11) is -4.52. The maximum Gasteiger partial charge on any atom is 0.341 e. The lowest BCUT2D eigenvalue weighted by Gasteiger charge is -2.20. The van der Waals surface area contributed by atoms with Crippen molar-refractivity contribution in [3.63, 3.8) is 0 Å². The summed E-state index contributed by atoms with van der Waals surface area (Å²) in [5.74, 6) is -2.69. The molecule has 0 saturated carbocycles. The van der Waals surface area contributed by atoms with E-state index in [4.69, 9.17) is 5.73 Å². The number of nitrogens with one attached hydrogen (secondary N) is 1. The molecule has 4 nitrogen and oxygen atoms in total. The van der Waals surface area contributed by atoms with Crippen LogP contribution in [0.1, 0.15) is 13.8 Å². The predicted molar refractivity (Wildman–Crippen MR) is 75.5 cm³/mol. The average Bonchev–Trinajstić information content (AvgIpc) is 2.39. The van der Waals surface area contributed by atoms with Gasteiger partial charge in [0.05, 0.1) is 4.90 Å². The highest BCUT2D eigenvalue weighted by molar-refractivity contribution is 7.91. The molecule has 1 aromatic rings. The van der Waals surface area contributed by atoms with Crippen LogP contribution in [0.4, 0.5) is 14.5 Å². The van der Waals surface area contributed by atoms with Crippen molar-refractivity contribution < 1.29 is 17.2 Å². The van der Waals surface area contributed by atoms with Gasteiger partial charge in [-0.2, -0.15) is 8.78 Å². The molecule has 1 aromatic carbocycles. The average molecular weight is 306 g/mol. The maximum atomic E-state index is 12.4. The van der Waals surface area contributed by atoms with Gasteiger partial charge in [-0.3, -0.25) is 0 Å². The summed E-state index contributed by atoms with van der Waals surface area (Å²) in [6.07, 6.45) is 0. The number of anilines is 1. The SMILES string of the molecule is CC(C)C(CN)CNc1ccc(S(=O)(=O)C(F)F)cc1. The zero-order chi connectivity index (χ0) is 15.3. The molecule has 0 radical (unpaired) electrons. The van der Waals surface area contributed by atoms with Gasteiger partial charge in [-0.05, 0) is 42.6 Å². The van der Waals surface area contributed by atoms with E-state index in [9.17, 15) is 17.2 Å². The van der Waals surface area contributed by atoms with Gasteiger partial charge in [0, 0.05) is 12.2 Å². The van der Waals surface area contributed by atoms with Crippen molar-refractivity contribution in [2.45, 2.75) is 24.5 Å². The highest BCUT2D eigenvalue weighted by atomic mass is 32.2. The quantitative estimate of drug-likeness (QED) is 0.811. The van der Waals surface area contributed by atoms with Crippen molar-refractivity contribution in [2.75, 3.05) is 18.4 Å². The maximum absolute atomic E-state index is 12.4. The van der Waals surface area contributed by atoms with Crippen LogP contribution in [0.3, 0.4) is 0 Å². The van der Waals surface area contributed by atoms with Crippen molar-refractivity contribution in [1.29, 1.82) is 0 Å². The van der Waals surface area contributed by atoms with Gasteiger partial charge < -0.3 is 11.1 Å². The minimum Gasteiger partial charge on any atom is -0.385 e. The van der Waals surface area contributed by atoms with Gasteiger partial charge in [0.15, 0.2) is 0 Å². The first-order valence-electron chi connectivity index (χ1n) is 6.35. The molecule has 20 heavy (non-hydrogen) atoms. The second kappa shape index (κ2) is 6.99. The Morgan fingerprint density at radius 1 is 1.20 bits per heavy atom. The van der Waals surface area contributed by atoms with Gasteiger partial charge in [0.2, 0.25) is 9.84 Å². The summed E-state index contributed by atoms with van der Waals surface area (Å²) >= 11 is 0. The Hall–Kier alpha value is -1.21. The molecule has 0 fully saturated rings. The molecule has 114 valence electrons. The van der Waals surface area contributed by atoms with Crippen molar-refractivity contribution in [3.05, 3.63) is 24.3 Å². The van der Waals surface area contributed by atoms with E-state index in [0.717, 1.165) is 0 Å². The molecular formula is C13H20F2N2O2S. The Balaban J connectivity index is 2.73. The number of rotatable bonds is 7. The third-order valence-corrected chi connectivity index (χ3v) is 4.63. The van der Waals surface area contributed by atoms with E-state index < -0.39 is 15.6 Å². The van der Waals surface area contributed by atoms with E-state index in [1.165, 1.54) is 24.3 Å². The lowest BCUT2D eigenvalue weighted by Crippen LogP contribution is -2.27. The Morgan fingerprint density at radius 3 is 2.15 bits per heavy atom. The summed E-state index contributed by atoms with van der Waals surface area (Å²) in [5.41, 5.74) is 6.33. The monoisotopic (exact) mass is 306 g/mol. The second-order valence-electron chi connectivity index (χ2n) is 4.95. The van der Waals surface area contributed by atoms with Crippen LogP contribution in [0.15, 0.2) is 29.2 Å². The summed E-state index contributed by atoms with van der Waals surface area (Å²) < 4.78 is 47.3. The molecule has 3 N–H and O–H groups in total. The van der Waals surface area contributed by atoms with Gasteiger partial charge >= 0.3 is 5.76 Å². The van der Waals surface area contributed by atoms with Crippen LogP contribution in [0.5, 0.6) is 0 Å². The molecule has 0 aliphatic heterocycles. The summed E-state index contributed by atoms with van der Waals surface area (Å²) in [6.45, 7) is 5.33. The number of alkyl halides is 2. The first-order chi connectivity index (χ1) is 9.28. The van der Waals surface area contributed by atoms with Crippen LogP contribution in [0, 0.1) is 11.8 Å². The third-order valence-electron chi connectivity index (χ3n) is 3.23.